The quantitative estimate of drug-likeness (QED) is 0.392. The Morgan fingerprint density at radius 1 is 1.26 bits per heavy atom. The fourth-order valence-corrected chi connectivity index (χ4v) is 4.56. The molecule has 11 nitrogen and oxygen atoms in total. The number of aryl methyl sites for hydroxylation is 1. The van der Waals surface area contributed by atoms with Crippen LogP contribution in [-0.4, -0.2) is 60.5 Å². The van der Waals surface area contributed by atoms with Crippen molar-refractivity contribution >= 4 is 40.3 Å². The van der Waals surface area contributed by atoms with Crippen molar-refractivity contribution in [3.8, 4) is 5.13 Å². The summed E-state index contributed by atoms with van der Waals surface area (Å²) in [5, 5.41) is 13.1. The van der Waals surface area contributed by atoms with Crippen LogP contribution in [0.4, 0.5) is 5.82 Å². The van der Waals surface area contributed by atoms with Crippen molar-refractivity contribution in [1.29, 1.82) is 0 Å². The molecule has 2 N–H and O–H groups in total. The Labute approximate surface area is 203 Å². The van der Waals surface area contributed by atoms with E-state index in [1.54, 1.807) is 19.2 Å². The summed E-state index contributed by atoms with van der Waals surface area (Å²) < 4.78 is 5.46. The number of carboxylic acid groups (broad SMARTS) is 1. The maximum Gasteiger partial charge on any atom is 0.341 e. The van der Waals surface area contributed by atoms with Crippen LogP contribution in [0.5, 0.6) is 0 Å². The molecule has 0 aliphatic carbocycles. The smallest absolute Gasteiger partial charge is 0.341 e. The van der Waals surface area contributed by atoms with E-state index < -0.39 is 11.4 Å². The molecule has 12 heteroatoms. The summed E-state index contributed by atoms with van der Waals surface area (Å²) in [6, 6.07) is 7.44. The van der Waals surface area contributed by atoms with E-state index in [9.17, 15) is 19.5 Å². The number of carbonyl (C=O) groups excluding carboxylic acids is 1. The van der Waals surface area contributed by atoms with Crippen LogP contribution >= 0.6 is 11.5 Å². The predicted molar refractivity (Wildman–Crippen MR) is 129 cm³/mol. The number of fused-ring (bicyclic) bond motifs is 1. The first-order valence-corrected chi connectivity index (χ1v) is 11.7. The number of amides is 1. The molecule has 0 aromatic carbocycles. The van der Waals surface area contributed by atoms with Crippen molar-refractivity contribution in [3.63, 3.8) is 0 Å². The molecule has 1 amide bonds. The van der Waals surface area contributed by atoms with Gasteiger partial charge in [-0.2, -0.15) is 4.37 Å². The molecule has 5 heterocycles. The van der Waals surface area contributed by atoms with Crippen molar-refractivity contribution in [2.45, 2.75) is 13.3 Å². The molecule has 0 bridgehead atoms. The zero-order valence-electron chi connectivity index (χ0n) is 18.7. The van der Waals surface area contributed by atoms with Crippen molar-refractivity contribution in [1.82, 2.24) is 29.2 Å². The first-order chi connectivity index (χ1) is 16.9. The minimum Gasteiger partial charge on any atom is -0.477 e. The SMILES string of the molecule is Cc1cc(N2CC(C(=O)NCCc3ccccn3)C2)nc2c1c(=O)c(C(=O)O)cn2-c1ncns1. The van der Waals surface area contributed by atoms with Gasteiger partial charge in [0.25, 0.3) is 0 Å². The largest absolute Gasteiger partial charge is 0.477 e. The second-order valence-electron chi connectivity index (χ2n) is 8.23. The van der Waals surface area contributed by atoms with Crippen molar-refractivity contribution < 1.29 is 14.7 Å². The number of aromatic carboxylic acids is 1. The molecule has 0 saturated carbocycles. The minimum absolute atomic E-state index is 0.0217. The minimum atomic E-state index is -1.32. The van der Waals surface area contributed by atoms with Gasteiger partial charge in [0.1, 0.15) is 17.7 Å². The van der Waals surface area contributed by atoms with Gasteiger partial charge in [0, 0.05) is 55.7 Å². The summed E-state index contributed by atoms with van der Waals surface area (Å²) in [6.45, 7) is 3.24. The Kier molecular flexibility index (Phi) is 5.95. The summed E-state index contributed by atoms with van der Waals surface area (Å²) in [5.74, 6) is -0.908. The number of nitrogens with zero attached hydrogens (tertiary/aromatic N) is 6. The molecule has 1 aliphatic rings. The molecule has 1 fully saturated rings. The number of rotatable bonds is 7. The molecule has 4 aromatic heterocycles. The first-order valence-electron chi connectivity index (χ1n) is 10.9. The predicted octanol–water partition coefficient (Wildman–Crippen LogP) is 1.43. The van der Waals surface area contributed by atoms with Gasteiger partial charge in [-0.05, 0) is 30.7 Å². The van der Waals surface area contributed by atoms with Crippen LogP contribution in [0.1, 0.15) is 21.6 Å². The third-order valence-electron chi connectivity index (χ3n) is 5.91. The van der Waals surface area contributed by atoms with Gasteiger partial charge in [-0.15, -0.1) is 0 Å². The Hall–Kier alpha value is -4.19. The summed E-state index contributed by atoms with van der Waals surface area (Å²) >= 11 is 1.06. The summed E-state index contributed by atoms with van der Waals surface area (Å²) in [6.07, 6.45) is 4.98. The molecule has 35 heavy (non-hydrogen) atoms. The van der Waals surface area contributed by atoms with Gasteiger partial charge in [-0.3, -0.25) is 19.1 Å². The number of aromatic nitrogens is 5. The zero-order valence-corrected chi connectivity index (χ0v) is 19.5. The number of carbonyl (C=O) groups is 2. The lowest BCUT2D eigenvalue weighted by atomic mass is 9.98. The first kappa shape index (κ1) is 22.6. The monoisotopic (exact) mass is 491 g/mol. The van der Waals surface area contributed by atoms with Crippen molar-refractivity contribution in [2.75, 3.05) is 24.5 Å². The van der Waals surface area contributed by atoms with Gasteiger partial charge in [-0.25, -0.2) is 14.8 Å². The molecule has 0 atom stereocenters. The Balaban J connectivity index is 1.36. The Bertz CT molecular complexity index is 1470. The second kappa shape index (κ2) is 9.22. The normalized spacial score (nSPS) is 13.6. The summed E-state index contributed by atoms with van der Waals surface area (Å²) in [4.78, 5) is 52.1. The van der Waals surface area contributed by atoms with Crippen LogP contribution in [0.2, 0.25) is 0 Å². The maximum atomic E-state index is 12.9. The van der Waals surface area contributed by atoms with Gasteiger partial charge < -0.3 is 15.3 Å². The molecule has 4 aromatic rings. The average molecular weight is 492 g/mol. The van der Waals surface area contributed by atoms with Crippen LogP contribution in [0.25, 0.3) is 16.2 Å². The highest BCUT2D eigenvalue weighted by Crippen LogP contribution is 2.28. The van der Waals surface area contributed by atoms with Crippen LogP contribution < -0.4 is 15.6 Å². The highest BCUT2D eigenvalue weighted by atomic mass is 32.1. The fraction of sp³-hybridized carbons (Fsp3) is 0.261. The van der Waals surface area contributed by atoms with Gasteiger partial charge in [0.15, 0.2) is 5.65 Å². The van der Waals surface area contributed by atoms with E-state index in [0.717, 1.165) is 17.2 Å². The highest BCUT2D eigenvalue weighted by molar-refractivity contribution is 7.08. The Morgan fingerprint density at radius 3 is 2.77 bits per heavy atom. The molecular formula is C23H21N7O4S. The lowest BCUT2D eigenvalue weighted by Crippen LogP contribution is -2.54. The topological polar surface area (TPSA) is 143 Å². The van der Waals surface area contributed by atoms with Gasteiger partial charge in [0.05, 0.1) is 11.3 Å². The van der Waals surface area contributed by atoms with Crippen LogP contribution in [0, 0.1) is 12.8 Å². The molecule has 0 spiro atoms. The van der Waals surface area contributed by atoms with E-state index in [2.05, 4.69) is 24.6 Å². The number of carboxylic acids is 1. The number of hydrogen-bond acceptors (Lipinski definition) is 9. The van der Waals surface area contributed by atoms with Crippen molar-refractivity contribution in [3.05, 3.63) is 70.0 Å². The van der Waals surface area contributed by atoms with E-state index in [4.69, 9.17) is 0 Å². The molecule has 178 valence electrons. The molecule has 1 aliphatic heterocycles. The van der Waals surface area contributed by atoms with Crippen LogP contribution in [0.15, 0.2) is 47.8 Å². The van der Waals surface area contributed by atoms with Crippen molar-refractivity contribution in [2.24, 2.45) is 5.92 Å². The molecule has 5 rings (SSSR count). The van der Waals surface area contributed by atoms with E-state index in [1.165, 1.54) is 17.1 Å². The summed E-state index contributed by atoms with van der Waals surface area (Å²) in [5.41, 5.74) is 0.858. The lowest BCUT2D eigenvalue weighted by molar-refractivity contribution is -0.125. The van der Waals surface area contributed by atoms with Gasteiger partial charge in [0.2, 0.25) is 16.5 Å². The third-order valence-corrected chi connectivity index (χ3v) is 6.58. The van der Waals surface area contributed by atoms with Crippen LogP contribution in [-0.2, 0) is 11.2 Å². The summed E-state index contributed by atoms with van der Waals surface area (Å²) in [7, 11) is 0. The average Bonchev–Trinajstić information content (AvgIpc) is 3.33. The number of hydrogen-bond donors (Lipinski definition) is 2. The van der Waals surface area contributed by atoms with E-state index >= 15 is 0 Å². The number of anilines is 1. The Morgan fingerprint density at radius 2 is 2.09 bits per heavy atom. The second-order valence-corrected chi connectivity index (χ2v) is 8.99. The van der Waals surface area contributed by atoms with E-state index in [1.807, 2.05) is 23.1 Å². The van der Waals surface area contributed by atoms with E-state index in [0.29, 0.717) is 48.2 Å². The zero-order chi connectivity index (χ0) is 24.5. The molecular weight excluding hydrogens is 470 g/mol. The molecule has 0 unspecified atom stereocenters. The molecule has 0 radical (unpaired) electrons. The van der Waals surface area contributed by atoms with E-state index in [-0.39, 0.29) is 22.8 Å². The number of nitrogens with one attached hydrogen (secondary N) is 1. The maximum absolute atomic E-state index is 12.9. The fourth-order valence-electron chi connectivity index (χ4n) is 4.05. The third kappa shape index (κ3) is 4.35. The highest BCUT2D eigenvalue weighted by Gasteiger charge is 2.34. The molecule has 1 saturated heterocycles. The number of pyridine rings is 3. The van der Waals surface area contributed by atoms with Crippen LogP contribution in [0.3, 0.4) is 0 Å². The van der Waals surface area contributed by atoms with Gasteiger partial charge >= 0.3 is 5.97 Å². The lowest BCUT2D eigenvalue weighted by Gasteiger charge is -2.39. The van der Waals surface area contributed by atoms with Gasteiger partial charge in [-0.1, -0.05) is 6.07 Å². The standard InChI is InChI=1S/C23H21N7O4S/c1-13-8-17(29-9-14(10-29)21(32)25-7-5-15-4-2-3-6-24-15)28-20-18(13)19(31)16(22(33)34)11-30(20)23-26-12-27-35-23/h2-4,6,8,11-12,14H,5,7,9-10H2,1H3,(H,25,32)(H,33,34).